The molecular weight excluding hydrogens is 280 g/mol. The quantitative estimate of drug-likeness (QED) is 0.804. The molecule has 0 bridgehead atoms. The molecule has 21 heavy (non-hydrogen) atoms. The van der Waals surface area contributed by atoms with Gasteiger partial charge in [-0.05, 0) is 44.4 Å². The van der Waals surface area contributed by atoms with Crippen LogP contribution in [0.2, 0.25) is 5.02 Å². The smallest absolute Gasteiger partial charge is 0.0453 e. The summed E-state index contributed by atoms with van der Waals surface area (Å²) >= 11 is 6.37. The van der Waals surface area contributed by atoms with Crippen LogP contribution in [0.3, 0.4) is 0 Å². The van der Waals surface area contributed by atoms with Crippen LogP contribution in [0.4, 0.5) is 0 Å². The van der Waals surface area contributed by atoms with E-state index in [1.54, 1.807) is 0 Å². The highest BCUT2D eigenvalue weighted by Crippen LogP contribution is 2.33. The summed E-state index contributed by atoms with van der Waals surface area (Å²) in [4.78, 5) is 2.44. The molecule has 118 valence electrons. The molecule has 1 aliphatic rings. The molecule has 1 aromatic carbocycles. The molecule has 1 fully saturated rings. The number of likely N-dealkylation sites (N-methyl/N-ethyl adjacent to an activating group) is 1. The van der Waals surface area contributed by atoms with E-state index >= 15 is 0 Å². The molecule has 1 aromatic rings. The van der Waals surface area contributed by atoms with Crippen molar-refractivity contribution in [1.29, 1.82) is 0 Å². The average molecular weight is 309 g/mol. The maximum atomic E-state index is 6.37. The number of hydrogen-bond donors (Lipinski definition) is 1. The van der Waals surface area contributed by atoms with Crippen LogP contribution in [0.15, 0.2) is 24.3 Å². The highest BCUT2D eigenvalue weighted by atomic mass is 35.5. The minimum atomic E-state index is 0.301. The van der Waals surface area contributed by atoms with E-state index in [4.69, 9.17) is 17.3 Å². The Morgan fingerprint density at radius 2 is 1.81 bits per heavy atom. The second kappa shape index (κ2) is 8.17. The van der Waals surface area contributed by atoms with Gasteiger partial charge in [0.05, 0.1) is 0 Å². The number of rotatable bonds is 5. The Labute approximate surface area is 134 Å². The summed E-state index contributed by atoms with van der Waals surface area (Å²) in [5.41, 5.74) is 7.34. The molecule has 1 saturated carbocycles. The van der Waals surface area contributed by atoms with Gasteiger partial charge in [-0.3, -0.25) is 4.90 Å². The van der Waals surface area contributed by atoms with E-state index in [-0.39, 0.29) is 0 Å². The molecule has 0 heterocycles. The van der Waals surface area contributed by atoms with Crippen molar-refractivity contribution in [2.24, 2.45) is 11.7 Å². The van der Waals surface area contributed by atoms with Crippen LogP contribution < -0.4 is 5.73 Å². The molecule has 0 radical (unpaired) electrons. The van der Waals surface area contributed by atoms with Gasteiger partial charge < -0.3 is 5.73 Å². The van der Waals surface area contributed by atoms with Crippen LogP contribution in [0, 0.1) is 5.92 Å². The summed E-state index contributed by atoms with van der Waals surface area (Å²) < 4.78 is 0. The van der Waals surface area contributed by atoms with Crippen molar-refractivity contribution in [3.63, 3.8) is 0 Å². The van der Waals surface area contributed by atoms with Crippen molar-refractivity contribution in [3.05, 3.63) is 34.9 Å². The van der Waals surface area contributed by atoms with Crippen LogP contribution in [0.5, 0.6) is 0 Å². The van der Waals surface area contributed by atoms with Gasteiger partial charge in [-0.2, -0.15) is 0 Å². The molecule has 1 aliphatic carbocycles. The normalized spacial score (nSPS) is 20.2. The van der Waals surface area contributed by atoms with Crippen molar-refractivity contribution >= 4 is 11.6 Å². The summed E-state index contributed by atoms with van der Waals surface area (Å²) in [6.45, 7) is 2.97. The summed E-state index contributed by atoms with van der Waals surface area (Å²) in [6, 6.07) is 8.91. The Morgan fingerprint density at radius 1 is 1.19 bits per heavy atom. The van der Waals surface area contributed by atoms with E-state index < -0.39 is 0 Å². The summed E-state index contributed by atoms with van der Waals surface area (Å²) in [5.74, 6) is 0.729. The maximum absolute atomic E-state index is 6.37. The molecule has 0 aliphatic heterocycles. The Bertz CT molecular complexity index is 427. The number of benzene rings is 1. The first-order valence-electron chi connectivity index (χ1n) is 8.31. The van der Waals surface area contributed by atoms with Crippen molar-refractivity contribution < 1.29 is 0 Å². The van der Waals surface area contributed by atoms with E-state index in [1.165, 1.54) is 44.1 Å². The largest absolute Gasteiger partial charge is 0.329 e. The molecule has 2 nitrogen and oxygen atoms in total. The van der Waals surface area contributed by atoms with Crippen LogP contribution in [0.25, 0.3) is 0 Å². The molecule has 3 heteroatoms. The van der Waals surface area contributed by atoms with Gasteiger partial charge in [-0.1, -0.05) is 55.5 Å². The van der Waals surface area contributed by atoms with Gasteiger partial charge in [0.25, 0.3) is 0 Å². The Morgan fingerprint density at radius 3 is 2.38 bits per heavy atom. The standard InChI is InChI=1S/C18H29ClN2/c1-14(16-11-7-8-12-17(16)19)21(2)18(13-20)15-9-5-3-4-6-10-15/h7-8,11-12,14-15,18H,3-6,9-10,13,20H2,1-2H3. The lowest BCUT2D eigenvalue weighted by molar-refractivity contribution is 0.127. The topological polar surface area (TPSA) is 29.3 Å². The fourth-order valence-corrected chi connectivity index (χ4v) is 4.00. The van der Waals surface area contributed by atoms with Gasteiger partial charge in [0, 0.05) is 23.7 Å². The van der Waals surface area contributed by atoms with Crippen LogP contribution >= 0.6 is 11.6 Å². The van der Waals surface area contributed by atoms with Gasteiger partial charge in [-0.15, -0.1) is 0 Å². The lowest BCUT2D eigenvalue weighted by Gasteiger charge is -2.38. The highest BCUT2D eigenvalue weighted by Gasteiger charge is 2.28. The summed E-state index contributed by atoms with van der Waals surface area (Å²) in [7, 11) is 2.20. The highest BCUT2D eigenvalue weighted by molar-refractivity contribution is 6.31. The van der Waals surface area contributed by atoms with Crippen molar-refractivity contribution in [3.8, 4) is 0 Å². The van der Waals surface area contributed by atoms with E-state index in [0.29, 0.717) is 12.1 Å². The van der Waals surface area contributed by atoms with E-state index in [9.17, 15) is 0 Å². The zero-order chi connectivity index (χ0) is 15.2. The van der Waals surface area contributed by atoms with Gasteiger partial charge in [0.15, 0.2) is 0 Å². The van der Waals surface area contributed by atoms with Gasteiger partial charge in [-0.25, -0.2) is 0 Å². The minimum absolute atomic E-state index is 0.301. The third kappa shape index (κ3) is 4.21. The second-order valence-electron chi connectivity index (χ2n) is 6.42. The third-order valence-corrected chi connectivity index (χ3v) is 5.52. The fourth-order valence-electron chi connectivity index (χ4n) is 3.71. The predicted molar refractivity (Wildman–Crippen MR) is 91.7 cm³/mol. The van der Waals surface area contributed by atoms with Crippen molar-refractivity contribution in [2.75, 3.05) is 13.6 Å². The number of hydrogen-bond acceptors (Lipinski definition) is 2. The third-order valence-electron chi connectivity index (χ3n) is 5.17. The SMILES string of the molecule is CC(c1ccccc1Cl)N(C)C(CN)C1CCCCCC1. The molecule has 0 saturated heterocycles. The first-order valence-corrected chi connectivity index (χ1v) is 8.69. The van der Waals surface area contributed by atoms with Crippen molar-refractivity contribution in [2.45, 2.75) is 57.5 Å². The van der Waals surface area contributed by atoms with Gasteiger partial charge in [0.2, 0.25) is 0 Å². The maximum Gasteiger partial charge on any atom is 0.0453 e. The molecule has 2 rings (SSSR count). The van der Waals surface area contributed by atoms with E-state index in [0.717, 1.165) is 17.5 Å². The number of halogens is 1. The molecule has 2 N–H and O–H groups in total. The average Bonchev–Trinajstić information content (AvgIpc) is 2.77. The lowest BCUT2D eigenvalue weighted by Crippen LogP contribution is -2.44. The molecule has 0 aromatic heterocycles. The summed E-state index contributed by atoms with van der Waals surface area (Å²) in [6.07, 6.45) is 8.13. The van der Waals surface area contributed by atoms with E-state index in [1.807, 2.05) is 12.1 Å². The first kappa shape index (κ1) is 16.8. The zero-order valence-corrected chi connectivity index (χ0v) is 14.1. The minimum Gasteiger partial charge on any atom is -0.329 e. The Kier molecular flexibility index (Phi) is 6.53. The molecule has 0 amide bonds. The van der Waals surface area contributed by atoms with E-state index in [2.05, 4.69) is 31.0 Å². The van der Waals surface area contributed by atoms with Crippen LogP contribution in [-0.2, 0) is 0 Å². The molecule has 2 atom stereocenters. The molecular formula is C18H29ClN2. The van der Waals surface area contributed by atoms with Gasteiger partial charge >= 0.3 is 0 Å². The van der Waals surface area contributed by atoms with Gasteiger partial charge in [0.1, 0.15) is 0 Å². The number of nitrogens with two attached hydrogens (primary N) is 1. The Hall–Kier alpha value is -0.570. The molecule has 0 spiro atoms. The molecule has 2 unspecified atom stereocenters. The van der Waals surface area contributed by atoms with Crippen LogP contribution in [-0.4, -0.2) is 24.5 Å². The predicted octanol–water partition coefficient (Wildman–Crippen LogP) is 4.63. The monoisotopic (exact) mass is 308 g/mol. The summed E-state index contributed by atoms with van der Waals surface area (Å²) in [5, 5.41) is 0.855. The van der Waals surface area contributed by atoms with Crippen molar-refractivity contribution in [1.82, 2.24) is 4.90 Å². The second-order valence-corrected chi connectivity index (χ2v) is 6.82. The van der Waals surface area contributed by atoms with Crippen LogP contribution in [0.1, 0.15) is 57.1 Å². The zero-order valence-electron chi connectivity index (χ0n) is 13.4. The fraction of sp³-hybridized carbons (Fsp3) is 0.667. The Balaban J connectivity index is 2.11. The first-order chi connectivity index (χ1) is 10.1. The number of nitrogens with zero attached hydrogens (tertiary/aromatic N) is 1. The lowest BCUT2D eigenvalue weighted by atomic mass is 9.89.